The smallest absolute Gasteiger partial charge is 0.293 e. The fourth-order valence-corrected chi connectivity index (χ4v) is 3.67. The van der Waals surface area contributed by atoms with Crippen molar-refractivity contribution < 1.29 is 18.3 Å². The molecule has 8 nitrogen and oxygen atoms in total. The second-order valence-electron chi connectivity index (χ2n) is 7.57. The van der Waals surface area contributed by atoms with E-state index in [0.29, 0.717) is 49.2 Å². The van der Waals surface area contributed by atoms with Gasteiger partial charge in [0.2, 0.25) is 17.0 Å². The third kappa shape index (κ3) is 5.79. The first-order valence-corrected chi connectivity index (χ1v) is 10.8. The van der Waals surface area contributed by atoms with Crippen LogP contribution in [-0.4, -0.2) is 62.9 Å². The molecule has 2 aliphatic rings. The van der Waals surface area contributed by atoms with Crippen molar-refractivity contribution in [3.63, 3.8) is 0 Å². The van der Waals surface area contributed by atoms with Crippen LogP contribution in [0.15, 0.2) is 35.7 Å². The highest BCUT2D eigenvalue weighted by atomic mass is 35.5. The molecule has 0 bridgehead atoms. The summed E-state index contributed by atoms with van der Waals surface area (Å²) in [6.45, 7) is 4.00. The summed E-state index contributed by atoms with van der Waals surface area (Å²) in [5.41, 5.74) is 0.949. The Morgan fingerprint density at radius 3 is 2.62 bits per heavy atom. The van der Waals surface area contributed by atoms with Gasteiger partial charge in [0.1, 0.15) is 5.70 Å². The molecule has 1 aliphatic heterocycles. The minimum absolute atomic E-state index is 0.0568. The maximum absolute atomic E-state index is 13.0. The molecule has 1 atom stereocenters. The highest BCUT2D eigenvalue weighted by Crippen LogP contribution is 2.45. The molecular formula is C19H25ClN4O4S. The second-order valence-corrected chi connectivity index (χ2v) is 8.98. The van der Waals surface area contributed by atoms with Crippen molar-refractivity contribution in [2.75, 3.05) is 38.1 Å². The van der Waals surface area contributed by atoms with Crippen LogP contribution in [0.2, 0.25) is 5.02 Å². The summed E-state index contributed by atoms with van der Waals surface area (Å²) >= 11 is 3.97. The topological polar surface area (TPSA) is 106 Å². The number of piperazine rings is 1. The normalized spacial score (nSPS) is 20.4. The van der Waals surface area contributed by atoms with Gasteiger partial charge in [0, 0.05) is 48.5 Å². The van der Waals surface area contributed by atoms with Crippen LogP contribution in [0.3, 0.4) is 0 Å². The van der Waals surface area contributed by atoms with Gasteiger partial charge in [-0.15, -0.1) is 0 Å². The first-order valence-electron chi connectivity index (χ1n) is 9.37. The maximum Gasteiger partial charge on any atom is 0.293 e. The molecule has 1 unspecified atom stereocenters. The number of halogens is 1. The molecule has 1 saturated carbocycles. The molecule has 3 N–H and O–H groups in total. The van der Waals surface area contributed by atoms with Gasteiger partial charge in [-0.25, -0.2) is 4.21 Å². The van der Waals surface area contributed by atoms with E-state index in [0.717, 1.165) is 19.1 Å². The largest absolute Gasteiger partial charge is 0.486 e. The van der Waals surface area contributed by atoms with E-state index in [2.05, 4.69) is 12.2 Å². The van der Waals surface area contributed by atoms with Crippen molar-refractivity contribution in [3.05, 3.63) is 40.7 Å². The molecule has 158 valence electrons. The third-order valence-electron chi connectivity index (χ3n) is 5.13. The fraction of sp³-hybridized carbons (Fsp3) is 0.474. The first-order chi connectivity index (χ1) is 13.8. The molecule has 1 aromatic rings. The van der Waals surface area contributed by atoms with E-state index < -0.39 is 17.2 Å². The van der Waals surface area contributed by atoms with Gasteiger partial charge in [-0.05, 0) is 31.0 Å². The highest BCUT2D eigenvalue weighted by molar-refractivity contribution is 7.76. The van der Waals surface area contributed by atoms with E-state index in [-0.39, 0.29) is 11.2 Å². The molecule has 1 amide bonds. The molecular weight excluding hydrogens is 416 g/mol. The predicted molar refractivity (Wildman–Crippen MR) is 113 cm³/mol. The van der Waals surface area contributed by atoms with Crippen LogP contribution in [0.5, 0.6) is 0 Å². The van der Waals surface area contributed by atoms with E-state index >= 15 is 0 Å². The number of nitrogens with zero attached hydrogens (tertiary/aromatic N) is 2. The Kier molecular flexibility index (Phi) is 6.94. The molecule has 1 aromatic carbocycles. The number of nitrogens with one attached hydrogen (secondary N) is 2. The summed E-state index contributed by atoms with van der Waals surface area (Å²) in [4.78, 5) is 14.8. The first kappa shape index (κ1) is 21.8. The van der Waals surface area contributed by atoms with Crippen LogP contribution >= 0.6 is 11.6 Å². The number of hydrogen-bond acceptors (Lipinski definition) is 5. The SMILES string of the molecule is CC1(CO/C(C(=O)Nc2cccc(Cl)c2)=C(/C=N)N2CCN(S(=O)O)CC2)CC1. The third-order valence-corrected chi connectivity index (χ3v) is 6.17. The van der Waals surface area contributed by atoms with Crippen LogP contribution < -0.4 is 5.32 Å². The van der Waals surface area contributed by atoms with Crippen molar-refractivity contribution in [1.82, 2.24) is 9.21 Å². The average Bonchev–Trinajstić information content (AvgIpc) is 3.42. The summed E-state index contributed by atoms with van der Waals surface area (Å²) in [6.07, 6.45) is 3.18. The molecule has 0 radical (unpaired) electrons. The summed E-state index contributed by atoms with van der Waals surface area (Å²) in [7, 11) is 0. The van der Waals surface area contributed by atoms with Crippen molar-refractivity contribution in [2.24, 2.45) is 5.41 Å². The van der Waals surface area contributed by atoms with Gasteiger partial charge in [-0.1, -0.05) is 24.6 Å². The number of allylic oxidation sites excluding steroid dienone is 1. The Bertz CT molecular complexity index is 835. The average molecular weight is 441 g/mol. The van der Waals surface area contributed by atoms with Crippen molar-refractivity contribution >= 4 is 40.7 Å². The lowest BCUT2D eigenvalue weighted by Gasteiger charge is -2.34. The molecule has 10 heteroatoms. The molecule has 2 fully saturated rings. The summed E-state index contributed by atoms with van der Waals surface area (Å²) in [5, 5.41) is 11.2. The van der Waals surface area contributed by atoms with E-state index in [1.807, 2.05) is 4.90 Å². The zero-order valence-corrected chi connectivity index (χ0v) is 17.8. The Balaban J connectivity index is 1.82. The number of hydrogen-bond donors (Lipinski definition) is 3. The monoisotopic (exact) mass is 440 g/mol. The summed E-state index contributed by atoms with van der Waals surface area (Å²) in [6, 6.07) is 6.81. The molecule has 3 rings (SSSR count). The summed E-state index contributed by atoms with van der Waals surface area (Å²) < 4.78 is 27.9. The molecule has 29 heavy (non-hydrogen) atoms. The van der Waals surface area contributed by atoms with Crippen LogP contribution in [0, 0.1) is 10.8 Å². The molecule has 0 spiro atoms. The van der Waals surface area contributed by atoms with E-state index in [1.54, 1.807) is 24.3 Å². The van der Waals surface area contributed by atoms with Crippen LogP contribution in [0.4, 0.5) is 5.69 Å². The fourth-order valence-electron chi connectivity index (χ4n) is 3.00. The van der Waals surface area contributed by atoms with E-state index in [1.165, 1.54) is 4.31 Å². The number of carbonyl (C=O) groups is 1. The van der Waals surface area contributed by atoms with Crippen LogP contribution in [0.25, 0.3) is 0 Å². The molecule has 1 saturated heterocycles. The number of ether oxygens (including phenoxy) is 1. The lowest BCUT2D eigenvalue weighted by atomic mass is 10.2. The number of amides is 1. The van der Waals surface area contributed by atoms with E-state index in [4.69, 9.17) is 21.7 Å². The highest BCUT2D eigenvalue weighted by Gasteiger charge is 2.39. The minimum atomic E-state index is -2.03. The van der Waals surface area contributed by atoms with Crippen LogP contribution in [0.1, 0.15) is 19.8 Å². The van der Waals surface area contributed by atoms with Crippen molar-refractivity contribution in [3.8, 4) is 0 Å². The summed E-state index contributed by atoms with van der Waals surface area (Å²) in [5.74, 6) is -0.380. The number of benzene rings is 1. The van der Waals surface area contributed by atoms with Crippen molar-refractivity contribution in [1.29, 1.82) is 5.41 Å². The minimum Gasteiger partial charge on any atom is -0.486 e. The zero-order valence-electron chi connectivity index (χ0n) is 16.2. The van der Waals surface area contributed by atoms with Gasteiger partial charge < -0.3 is 20.4 Å². The lowest BCUT2D eigenvalue weighted by molar-refractivity contribution is -0.116. The Morgan fingerprint density at radius 1 is 1.38 bits per heavy atom. The predicted octanol–water partition coefficient (Wildman–Crippen LogP) is 2.71. The molecule has 1 aliphatic carbocycles. The Hall–Kier alpha value is -1.94. The van der Waals surface area contributed by atoms with Gasteiger partial charge in [0.05, 0.1) is 6.61 Å². The Labute approximate surface area is 177 Å². The van der Waals surface area contributed by atoms with Gasteiger partial charge in [0.25, 0.3) is 5.91 Å². The van der Waals surface area contributed by atoms with Gasteiger partial charge in [-0.3, -0.25) is 9.35 Å². The Morgan fingerprint density at radius 2 is 2.07 bits per heavy atom. The number of anilines is 1. The van der Waals surface area contributed by atoms with Crippen LogP contribution in [-0.2, 0) is 20.8 Å². The standard InChI is InChI=1S/C19H25ClN4O4S/c1-19(5-6-19)13-28-17(18(25)22-15-4-2-3-14(20)11-15)16(12-21)23-7-9-24(10-8-23)29(26)27/h2-4,11-12,21H,5-10,13H2,1H3,(H,22,25)(H,26,27)/b17-16-,21-12?. The van der Waals surface area contributed by atoms with Crippen molar-refractivity contribution in [2.45, 2.75) is 19.8 Å². The van der Waals surface area contributed by atoms with Gasteiger partial charge in [0.15, 0.2) is 0 Å². The number of rotatable bonds is 8. The number of carbonyl (C=O) groups excluding carboxylic acids is 1. The molecule has 0 aromatic heterocycles. The van der Waals surface area contributed by atoms with Gasteiger partial charge >= 0.3 is 0 Å². The lowest BCUT2D eigenvalue weighted by Crippen LogP contribution is -2.47. The molecule has 1 heterocycles. The van der Waals surface area contributed by atoms with Gasteiger partial charge in [-0.2, -0.15) is 4.31 Å². The second kappa shape index (κ2) is 9.25. The zero-order chi connectivity index (χ0) is 21.0. The van der Waals surface area contributed by atoms with E-state index in [9.17, 15) is 13.6 Å². The quantitative estimate of drug-likeness (QED) is 0.249. The maximum atomic E-state index is 13.0.